The lowest BCUT2D eigenvalue weighted by Crippen LogP contribution is -2.42. The number of nitrogens with zero attached hydrogens (tertiary/aromatic N) is 3. The second kappa shape index (κ2) is 9.38. The Morgan fingerprint density at radius 1 is 1.19 bits per heavy atom. The molecule has 2 N–H and O–H groups in total. The number of amides is 2. The summed E-state index contributed by atoms with van der Waals surface area (Å²) in [5, 5.41) is 2.83. The number of imidazole rings is 1. The predicted molar refractivity (Wildman–Crippen MR) is 122 cm³/mol. The quantitative estimate of drug-likeness (QED) is 0.622. The monoisotopic (exact) mass is 435 g/mol. The summed E-state index contributed by atoms with van der Waals surface area (Å²) in [6.45, 7) is 1.73. The van der Waals surface area contributed by atoms with Crippen molar-refractivity contribution in [3.05, 3.63) is 64.3 Å². The first-order valence-electron chi connectivity index (χ1n) is 11.1. The van der Waals surface area contributed by atoms with Gasteiger partial charge in [0, 0.05) is 19.3 Å². The number of nitrogens with one attached hydrogen (secondary N) is 2. The van der Waals surface area contributed by atoms with Gasteiger partial charge in [-0.15, -0.1) is 0 Å². The Balaban J connectivity index is 1.45. The molecule has 1 aliphatic carbocycles. The summed E-state index contributed by atoms with van der Waals surface area (Å²) in [4.78, 5) is 47.9. The van der Waals surface area contributed by atoms with Crippen LogP contribution in [-0.4, -0.2) is 44.3 Å². The van der Waals surface area contributed by atoms with E-state index in [1.54, 1.807) is 31.1 Å². The zero-order valence-electron chi connectivity index (χ0n) is 18.5. The number of para-hydroxylation sites is 2. The Labute approximate surface area is 186 Å². The summed E-state index contributed by atoms with van der Waals surface area (Å²) in [5.41, 5.74) is 1.22. The lowest BCUT2D eigenvalue weighted by atomic mass is 9.94. The maximum absolute atomic E-state index is 12.9. The van der Waals surface area contributed by atoms with Crippen molar-refractivity contribution in [3.8, 4) is 0 Å². The normalized spacial score (nSPS) is 15.4. The third-order valence-electron chi connectivity index (χ3n) is 6.25. The third kappa shape index (κ3) is 4.59. The van der Waals surface area contributed by atoms with E-state index >= 15 is 0 Å². The van der Waals surface area contributed by atoms with Gasteiger partial charge in [-0.25, -0.2) is 4.98 Å². The number of pyridine rings is 1. The molecule has 1 saturated carbocycles. The van der Waals surface area contributed by atoms with Crippen LogP contribution in [0.1, 0.15) is 61.3 Å². The fourth-order valence-corrected chi connectivity index (χ4v) is 4.28. The van der Waals surface area contributed by atoms with E-state index in [2.05, 4.69) is 15.3 Å². The van der Waals surface area contributed by atoms with Crippen molar-refractivity contribution in [3.63, 3.8) is 0 Å². The number of fused-ring (bicyclic) bond motifs is 1. The molecule has 168 valence electrons. The molecule has 32 heavy (non-hydrogen) atoms. The van der Waals surface area contributed by atoms with Gasteiger partial charge in [0.25, 0.3) is 11.5 Å². The van der Waals surface area contributed by atoms with Crippen LogP contribution in [0, 0.1) is 0 Å². The van der Waals surface area contributed by atoms with E-state index in [0.29, 0.717) is 5.82 Å². The van der Waals surface area contributed by atoms with Crippen LogP contribution < -0.4 is 10.9 Å². The summed E-state index contributed by atoms with van der Waals surface area (Å²) >= 11 is 0. The second-order valence-corrected chi connectivity index (χ2v) is 8.49. The Morgan fingerprint density at radius 3 is 2.69 bits per heavy atom. The van der Waals surface area contributed by atoms with E-state index in [1.165, 1.54) is 17.1 Å². The first-order valence-corrected chi connectivity index (χ1v) is 11.1. The van der Waals surface area contributed by atoms with Gasteiger partial charge in [0.1, 0.15) is 17.9 Å². The number of aromatic amines is 1. The highest BCUT2D eigenvalue weighted by molar-refractivity contribution is 5.94. The lowest BCUT2D eigenvalue weighted by molar-refractivity contribution is -0.133. The van der Waals surface area contributed by atoms with Gasteiger partial charge in [0.2, 0.25) is 5.91 Å². The zero-order chi connectivity index (χ0) is 22.7. The number of likely N-dealkylation sites (N-methyl/N-ethyl adjacent to an activating group) is 1. The number of benzene rings is 1. The molecule has 0 spiro atoms. The number of rotatable bonds is 6. The molecule has 4 rings (SSSR count). The average Bonchev–Trinajstić information content (AvgIpc) is 3.25. The SMILES string of the molecule is CC(NC(=O)c1cccn(CC(=O)N(C)C2CCCCC2)c1=O)c1nc2ccccc2[nH]1. The molecule has 8 nitrogen and oxygen atoms in total. The van der Waals surface area contributed by atoms with Gasteiger partial charge in [-0.2, -0.15) is 0 Å². The molecule has 2 amide bonds. The number of hydrogen-bond donors (Lipinski definition) is 2. The molecule has 1 unspecified atom stereocenters. The van der Waals surface area contributed by atoms with Gasteiger partial charge in [-0.3, -0.25) is 14.4 Å². The Hall–Kier alpha value is -3.42. The van der Waals surface area contributed by atoms with E-state index in [9.17, 15) is 14.4 Å². The van der Waals surface area contributed by atoms with Crippen LogP contribution in [0.5, 0.6) is 0 Å². The van der Waals surface area contributed by atoms with Gasteiger partial charge in [-0.1, -0.05) is 31.4 Å². The van der Waals surface area contributed by atoms with Gasteiger partial charge in [0.15, 0.2) is 0 Å². The summed E-state index contributed by atoms with van der Waals surface area (Å²) in [6, 6.07) is 10.5. The standard InChI is InChI=1S/C24H29N5O3/c1-16(22-26-19-12-6-7-13-20(19)27-22)25-23(31)18-11-8-14-29(24(18)32)15-21(30)28(2)17-9-4-3-5-10-17/h6-8,11-14,16-17H,3-5,9-10,15H2,1-2H3,(H,25,31)(H,26,27). The molecule has 1 fully saturated rings. The van der Waals surface area contributed by atoms with E-state index < -0.39 is 17.5 Å². The van der Waals surface area contributed by atoms with Crippen molar-refractivity contribution in [2.24, 2.45) is 0 Å². The van der Waals surface area contributed by atoms with Crippen LogP contribution >= 0.6 is 0 Å². The molecule has 8 heteroatoms. The highest BCUT2D eigenvalue weighted by Crippen LogP contribution is 2.21. The molecule has 1 aromatic carbocycles. The summed E-state index contributed by atoms with van der Waals surface area (Å²) in [5.74, 6) is -0.00215. The highest BCUT2D eigenvalue weighted by atomic mass is 16.2. The van der Waals surface area contributed by atoms with Crippen LogP contribution in [0.25, 0.3) is 11.0 Å². The first-order chi connectivity index (χ1) is 15.4. The Bertz CT molecular complexity index is 1140. The minimum absolute atomic E-state index is 0.00332. The minimum atomic E-state index is -0.495. The van der Waals surface area contributed by atoms with Crippen molar-refractivity contribution < 1.29 is 9.59 Å². The lowest BCUT2D eigenvalue weighted by Gasteiger charge is -2.31. The molecule has 0 saturated heterocycles. The molecule has 1 aliphatic rings. The molecule has 0 radical (unpaired) electrons. The van der Waals surface area contributed by atoms with Crippen molar-refractivity contribution in [1.29, 1.82) is 0 Å². The molecule has 0 bridgehead atoms. The number of carbonyl (C=O) groups excluding carboxylic acids is 2. The largest absolute Gasteiger partial charge is 0.342 e. The maximum Gasteiger partial charge on any atom is 0.263 e. The molecule has 3 aromatic rings. The van der Waals surface area contributed by atoms with Crippen molar-refractivity contribution in [1.82, 2.24) is 24.8 Å². The van der Waals surface area contributed by atoms with Crippen LogP contribution in [0.2, 0.25) is 0 Å². The summed E-state index contributed by atoms with van der Waals surface area (Å²) in [7, 11) is 1.80. The zero-order valence-corrected chi connectivity index (χ0v) is 18.5. The molecule has 1 atom stereocenters. The van der Waals surface area contributed by atoms with Crippen molar-refractivity contribution in [2.45, 2.75) is 57.7 Å². The smallest absolute Gasteiger partial charge is 0.263 e. The average molecular weight is 436 g/mol. The second-order valence-electron chi connectivity index (χ2n) is 8.49. The fourth-order valence-electron chi connectivity index (χ4n) is 4.28. The molecule has 2 aromatic heterocycles. The van der Waals surface area contributed by atoms with E-state index in [1.807, 2.05) is 24.3 Å². The first kappa shape index (κ1) is 21.8. The van der Waals surface area contributed by atoms with E-state index in [0.717, 1.165) is 36.7 Å². The molecule has 0 aliphatic heterocycles. The molecular weight excluding hydrogens is 406 g/mol. The van der Waals surface area contributed by atoms with Crippen LogP contribution in [0.4, 0.5) is 0 Å². The van der Waals surface area contributed by atoms with Crippen LogP contribution in [-0.2, 0) is 11.3 Å². The Kier molecular flexibility index (Phi) is 6.39. The van der Waals surface area contributed by atoms with Gasteiger partial charge in [0.05, 0.1) is 17.1 Å². The maximum atomic E-state index is 12.9. The third-order valence-corrected chi connectivity index (χ3v) is 6.25. The number of carbonyl (C=O) groups is 2. The van der Waals surface area contributed by atoms with Crippen LogP contribution in [0.3, 0.4) is 0 Å². The van der Waals surface area contributed by atoms with E-state index in [-0.39, 0.29) is 24.1 Å². The molecule has 2 heterocycles. The fraction of sp³-hybridized carbons (Fsp3) is 0.417. The van der Waals surface area contributed by atoms with Gasteiger partial charge in [-0.05, 0) is 44.0 Å². The van der Waals surface area contributed by atoms with E-state index in [4.69, 9.17) is 0 Å². The van der Waals surface area contributed by atoms with Gasteiger partial charge < -0.3 is 19.8 Å². The Morgan fingerprint density at radius 2 is 1.94 bits per heavy atom. The number of aromatic nitrogens is 3. The summed E-state index contributed by atoms with van der Waals surface area (Å²) in [6.07, 6.45) is 7.01. The van der Waals surface area contributed by atoms with Crippen molar-refractivity contribution >= 4 is 22.8 Å². The topological polar surface area (TPSA) is 100 Å². The van der Waals surface area contributed by atoms with Gasteiger partial charge >= 0.3 is 0 Å². The summed E-state index contributed by atoms with van der Waals surface area (Å²) < 4.78 is 1.31. The predicted octanol–water partition coefficient (Wildman–Crippen LogP) is 3.01. The highest BCUT2D eigenvalue weighted by Gasteiger charge is 2.23. The molecular formula is C24H29N5O3. The number of hydrogen-bond acceptors (Lipinski definition) is 4. The minimum Gasteiger partial charge on any atom is -0.342 e. The number of H-pyrrole nitrogens is 1. The van der Waals surface area contributed by atoms with Crippen molar-refractivity contribution in [2.75, 3.05) is 7.05 Å². The van der Waals surface area contributed by atoms with Crippen LogP contribution in [0.15, 0.2) is 47.4 Å².